The van der Waals surface area contributed by atoms with Crippen LogP contribution >= 0.6 is 27.5 Å². The van der Waals surface area contributed by atoms with Crippen LogP contribution in [0.15, 0.2) is 28.9 Å². The first-order valence-electron chi connectivity index (χ1n) is 6.38. The minimum atomic E-state index is -0.292. The lowest BCUT2D eigenvalue weighted by molar-refractivity contribution is 0.436. The molecule has 19 heavy (non-hydrogen) atoms. The molecule has 1 heterocycles. The Morgan fingerprint density at radius 1 is 1.32 bits per heavy atom. The maximum absolute atomic E-state index is 6.40. The fourth-order valence-corrected chi connectivity index (χ4v) is 3.44. The molecule has 0 unspecified atom stereocenters. The van der Waals surface area contributed by atoms with Gasteiger partial charge in [0.15, 0.2) is 0 Å². The van der Waals surface area contributed by atoms with Crippen LogP contribution in [0.5, 0.6) is 0 Å². The minimum absolute atomic E-state index is 0.292. The molecule has 0 amide bonds. The molecular weight excluding hydrogens is 326 g/mol. The van der Waals surface area contributed by atoms with E-state index in [1.807, 2.05) is 24.4 Å². The SMILES string of the molecule is NC1(c2ncc(-c3ccc(Br)cc3Cl)[nH]2)CCCC1. The lowest BCUT2D eigenvalue weighted by Gasteiger charge is -2.20. The molecule has 0 spiro atoms. The fraction of sp³-hybridized carbons (Fsp3) is 0.357. The molecule has 1 aliphatic rings. The summed E-state index contributed by atoms with van der Waals surface area (Å²) in [7, 11) is 0. The van der Waals surface area contributed by atoms with Crippen LogP contribution in [0.25, 0.3) is 11.3 Å². The van der Waals surface area contributed by atoms with Gasteiger partial charge in [0.1, 0.15) is 5.82 Å². The topological polar surface area (TPSA) is 54.7 Å². The van der Waals surface area contributed by atoms with Gasteiger partial charge in [-0.05, 0) is 25.0 Å². The van der Waals surface area contributed by atoms with Crippen LogP contribution in [0.3, 0.4) is 0 Å². The molecule has 0 atom stereocenters. The van der Waals surface area contributed by atoms with E-state index in [1.165, 1.54) is 12.8 Å². The molecule has 0 bridgehead atoms. The molecule has 1 aromatic heterocycles. The van der Waals surface area contributed by atoms with E-state index in [2.05, 4.69) is 25.9 Å². The maximum atomic E-state index is 6.40. The van der Waals surface area contributed by atoms with Gasteiger partial charge in [-0.3, -0.25) is 0 Å². The zero-order chi connectivity index (χ0) is 13.5. The van der Waals surface area contributed by atoms with Crippen molar-refractivity contribution >= 4 is 27.5 Å². The molecule has 3 nitrogen and oxygen atoms in total. The third-order valence-electron chi connectivity index (χ3n) is 3.76. The maximum Gasteiger partial charge on any atom is 0.126 e. The number of halogens is 2. The first kappa shape index (κ1) is 13.2. The second-order valence-electron chi connectivity index (χ2n) is 5.13. The third-order valence-corrected chi connectivity index (χ3v) is 4.57. The number of hydrogen-bond donors (Lipinski definition) is 2. The zero-order valence-electron chi connectivity index (χ0n) is 10.4. The number of nitrogens with zero attached hydrogens (tertiary/aromatic N) is 1. The van der Waals surface area contributed by atoms with Gasteiger partial charge in [0.2, 0.25) is 0 Å². The number of rotatable bonds is 2. The molecule has 0 aliphatic heterocycles. The number of H-pyrrole nitrogens is 1. The number of imidazole rings is 1. The minimum Gasteiger partial charge on any atom is -0.340 e. The van der Waals surface area contributed by atoms with Crippen LogP contribution in [0.4, 0.5) is 0 Å². The molecule has 2 aromatic rings. The van der Waals surface area contributed by atoms with Crippen LogP contribution in [0.1, 0.15) is 31.5 Å². The van der Waals surface area contributed by atoms with Crippen molar-refractivity contribution < 1.29 is 0 Å². The van der Waals surface area contributed by atoms with Gasteiger partial charge in [-0.15, -0.1) is 0 Å². The van der Waals surface area contributed by atoms with E-state index < -0.39 is 0 Å². The molecule has 1 fully saturated rings. The number of aromatic amines is 1. The number of benzene rings is 1. The van der Waals surface area contributed by atoms with Gasteiger partial charge in [0, 0.05) is 10.0 Å². The van der Waals surface area contributed by atoms with E-state index in [0.29, 0.717) is 5.02 Å². The van der Waals surface area contributed by atoms with Gasteiger partial charge in [-0.25, -0.2) is 4.98 Å². The summed E-state index contributed by atoms with van der Waals surface area (Å²) in [6, 6.07) is 5.82. The van der Waals surface area contributed by atoms with Gasteiger partial charge >= 0.3 is 0 Å². The number of nitrogens with two attached hydrogens (primary N) is 1. The van der Waals surface area contributed by atoms with Crippen molar-refractivity contribution in [2.24, 2.45) is 5.73 Å². The summed E-state index contributed by atoms with van der Waals surface area (Å²) >= 11 is 9.66. The summed E-state index contributed by atoms with van der Waals surface area (Å²) < 4.78 is 0.965. The second kappa shape index (κ2) is 4.93. The Morgan fingerprint density at radius 3 is 2.74 bits per heavy atom. The summed E-state index contributed by atoms with van der Waals surface area (Å²) in [5, 5.41) is 0.696. The standard InChI is InChI=1S/C14H15BrClN3/c15-9-3-4-10(11(16)7-9)12-8-18-13(19-12)14(17)5-1-2-6-14/h3-4,7-8H,1-2,5-6,17H2,(H,18,19). The molecule has 1 aromatic carbocycles. The lowest BCUT2D eigenvalue weighted by atomic mass is 9.99. The summed E-state index contributed by atoms with van der Waals surface area (Å²) in [4.78, 5) is 7.80. The van der Waals surface area contributed by atoms with Crippen molar-refractivity contribution in [2.45, 2.75) is 31.2 Å². The molecule has 0 radical (unpaired) electrons. The number of aromatic nitrogens is 2. The highest BCUT2D eigenvalue weighted by molar-refractivity contribution is 9.10. The van der Waals surface area contributed by atoms with Crippen LogP contribution in [-0.2, 0) is 5.54 Å². The molecule has 0 saturated heterocycles. The molecule has 5 heteroatoms. The van der Waals surface area contributed by atoms with Crippen molar-refractivity contribution in [1.82, 2.24) is 9.97 Å². The summed E-state index contributed by atoms with van der Waals surface area (Å²) in [6.07, 6.45) is 6.15. The molecular formula is C14H15BrClN3. The quantitative estimate of drug-likeness (QED) is 0.860. The van der Waals surface area contributed by atoms with Gasteiger partial charge in [0.05, 0.1) is 22.5 Å². The van der Waals surface area contributed by atoms with Gasteiger partial charge in [-0.2, -0.15) is 0 Å². The third kappa shape index (κ3) is 2.45. The normalized spacial score (nSPS) is 17.8. The average molecular weight is 341 g/mol. The van der Waals surface area contributed by atoms with Crippen molar-refractivity contribution in [2.75, 3.05) is 0 Å². The molecule has 3 N–H and O–H groups in total. The lowest BCUT2D eigenvalue weighted by Crippen LogP contribution is -2.34. The zero-order valence-corrected chi connectivity index (χ0v) is 12.8. The Bertz CT molecular complexity index is 602. The Kier molecular flexibility index (Phi) is 3.41. The largest absolute Gasteiger partial charge is 0.340 e. The second-order valence-corrected chi connectivity index (χ2v) is 6.46. The Hall–Kier alpha value is -0.840. The highest BCUT2D eigenvalue weighted by Gasteiger charge is 2.34. The van der Waals surface area contributed by atoms with Crippen molar-refractivity contribution in [1.29, 1.82) is 0 Å². The van der Waals surface area contributed by atoms with Crippen molar-refractivity contribution in [3.8, 4) is 11.3 Å². The fourth-order valence-electron chi connectivity index (χ4n) is 2.66. The Labute approximate surface area is 125 Å². The van der Waals surface area contributed by atoms with E-state index in [1.54, 1.807) is 0 Å². The van der Waals surface area contributed by atoms with Crippen LogP contribution in [0, 0.1) is 0 Å². The number of hydrogen-bond acceptors (Lipinski definition) is 2. The first-order chi connectivity index (χ1) is 9.08. The average Bonchev–Trinajstić information content (AvgIpc) is 2.99. The first-order valence-corrected chi connectivity index (χ1v) is 7.55. The summed E-state index contributed by atoms with van der Waals surface area (Å²) in [6.45, 7) is 0. The molecule has 100 valence electrons. The van der Waals surface area contributed by atoms with Gasteiger partial charge in [0.25, 0.3) is 0 Å². The highest BCUT2D eigenvalue weighted by atomic mass is 79.9. The molecule has 1 aliphatic carbocycles. The predicted octanol–water partition coefficient (Wildman–Crippen LogP) is 4.22. The number of nitrogens with one attached hydrogen (secondary N) is 1. The van der Waals surface area contributed by atoms with Gasteiger partial charge < -0.3 is 10.7 Å². The van der Waals surface area contributed by atoms with Crippen molar-refractivity contribution in [3.63, 3.8) is 0 Å². The van der Waals surface area contributed by atoms with Crippen LogP contribution in [0.2, 0.25) is 5.02 Å². The van der Waals surface area contributed by atoms with Crippen molar-refractivity contribution in [3.05, 3.63) is 39.7 Å². The van der Waals surface area contributed by atoms with E-state index in [0.717, 1.165) is 34.4 Å². The van der Waals surface area contributed by atoms with Crippen LogP contribution < -0.4 is 5.73 Å². The highest BCUT2D eigenvalue weighted by Crippen LogP contribution is 2.36. The van der Waals surface area contributed by atoms with E-state index in [4.69, 9.17) is 17.3 Å². The van der Waals surface area contributed by atoms with E-state index >= 15 is 0 Å². The van der Waals surface area contributed by atoms with E-state index in [-0.39, 0.29) is 5.54 Å². The smallest absolute Gasteiger partial charge is 0.126 e. The monoisotopic (exact) mass is 339 g/mol. The predicted molar refractivity (Wildman–Crippen MR) is 81.1 cm³/mol. The molecule has 1 saturated carbocycles. The summed E-state index contributed by atoms with van der Waals surface area (Å²) in [5.41, 5.74) is 7.98. The Balaban J connectivity index is 1.97. The van der Waals surface area contributed by atoms with Gasteiger partial charge in [-0.1, -0.05) is 46.4 Å². The van der Waals surface area contributed by atoms with E-state index in [9.17, 15) is 0 Å². The molecule has 3 rings (SSSR count). The Morgan fingerprint density at radius 2 is 2.05 bits per heavy atom. The van der Waals surface area contributed by atoms with Crippen LogP contribution in [-0.4, -0.2) is 9.97 Å². The summed E-state index contributed by atoms with van der Waals surface area (Å²) in [5.74, 6) is 0.874.